The molecule has 4 nitrogen and oxygen atoms in total. The van der Waals surface area contributed by atoms with Gasteiger partial charge in [0.15, 0.2) is 0 Å². The fourth-order valence-electron chi connectivity index (χ4n) is 3.62. The highest BCUT2D eigenvalue weighted by atomic mass is 15.3. The van der Waals surface area contributed by atoms with Crippen molar-refractivity contribution in [3.8, 4) is 0 Å². The number of rotatable bonds is 4. The SMILES string of the molecule is CCCn1cc(CN2C3CCC2CC(N)C3)cn1. The Bertz CT molecular complexity index is 386. The molecule has 0 amide bonds. The predicted molar refractivity (Wildman–Crippen MR) is 72.1 cm³/mol. The van der Waals surface area contributed by atoms with Gasteiger partial charge in [0.1, 0.15) is 0 Å². The molecule has 2 saturated heterocycles. The van der Waals surface area contributed by atoms with Crippen molar-refractivity contribution in [1.82, 2.24) is 14.7 Å². The maximum atomic E-state index is 6.11. The van der Waals surface area contributed by atoms with Gasteiger partial charge in [0.2, 0.25) is 0 Å². The second-order valence-electron chi connectivity index (χ2n) is 5.90. The predicted octanol–water partition coefficient (Wildman–Crippen LogP) is 1.75. The molecule has 3 heterocycles. The van der Waals surface area contributed by atoms with Gasteiger partial charge < -0.3 is 5.73 Å². The molecular formula is C14H24N4. The lowest BCUT2D eigenvalue weighted by Crippen LogP contribution is -2.46. The number of hydrogen-bond acceptors (Lipinski definition) is 3. The summed E-state index contributed by atoms with van der Waals surface area (Å²) in [5.74, 6) is 0. The molecule has 2 fully saturated rings. The summed E-state index contributed by atoms with van der Waals surface area (Å²) in [4.78, 5) is 2.66. The van der Waals surface area contributed by atoms with Gasteiger partial charge in [-0.3, -0.25) is 9.58 Å². The van der Waals surface area contributed by atoms with Crippen LogP contribution in [-0.4, -0.2) is 32.8 Å². The first-order valence-electron chi connectivity index (χ1n) is 7.29. The molecule has 0 aromatic carbocycles. The van der Waals surface area contributed by atoms with Gasteiger partial charge in [-0.1, -0.05) is 6.92 Å². The fraction of sp³-hybridized carbons (Fsp3) is 0.786. The monoisotopic (exact) mass is 248 g/mol. The molecule has 2 unspecified atom stereocenters. The van der Waals surface area contributed by atoms with Gasteiger partial charge in [-0.2, -0.15) is 5.10 Å². The lowest BCUT2D eigenvalue weighted by molar-refractivity contribution is 0.120. The van der Waals surface area contributed by atoms with Gasteiger partial charge in [0.05, 0.1) is 6.20 Å². The summed E-state index contributed by atoms with van der Waals surface area (Å²) in [6, 6.07) is 1.86. The number of aromatic nitrogens is 2. The van der Waals surface area contributed by atoms with Crippen LogP contribution in [0.15, 0.2) is 12.4 Å². The average Bonchev–Trinajstić information content (AvgIpc) is 2.85. The van der Waals surface area contributed by atoms with E-state index in [0.29, 0.717) is 18.1 Å². The molecule has 0 radical (unpaired) electrons. The first-order valence-corrected chi connectivity index (χ1v) is 7.29. The van der Waals surface area contributed by atoms with Crippen LogP contribution in [0, 0.1) is 0 Å². The van der Waals surface area contributed by atoms with Crippen molar-refractivity contribution in [1.29, 1.82) is 0 Å². The molecule has 0 spiro atoms. The van der Waals surface area contributed by atoms with Gasteiger partial charge in [-0.15, -0.1) is 0 Å². The molecule has 1 aromatic heterocycles. The van der Waals surface area contributed by atoms with Crippen LogP contribution in [0.25, 0.3) is 0 Å². The summed E-state index contributed by atoms with van der Waals surface area (Å²) >= 11 is 0. The molecule has 2 aliphatic rings. The van der Waals surface area contributed by atoms with Crippen LogP contribution in [0.4, 0.5) is 0 Å². The summed E-state index contributed by atoms with van der Waals surface area (Å²) in [5.41, 5.74) is 7.47. The first kappa shape index (κ1) is 12.2. The van der Waals surface area contributed by atoms with E-state index in [9.17, 15) is 0 Å². The number of hydrogen-bond donors (Lipinski definition) is 1. The van der Waals surface area contributed by atoms with E-state index in [1.807, 2.05) is 6.20 Å². The van der Waals surface area contributed by atoms with Crippen LogP contribution in [0.3, 0.4) is 0 Å². The van der Waals surface area contributed by atoms with Crippen LogP contribution in [0.1, 0.15) is 44.6 Å². The lowest BCUT2D eigenvalue weighted by Gasteiger charge is -2.37. The van der Waals surface area contributed by atoms with E-state index in [1.54, 1.807) is 0 Å². The maximum Gasteiger partial charge on any atom is 0.0534 e. The van der Waals surface area contributed by atoms with E-state index < -0.39 is 0 Å². The van der Waals surface area contributed by atoms with E-state index in [1.165, 1.54) is 31.2 Å². The van der Waals surface area contributed by atoms with Gasteiger partial charge in [0.25, 0.3) is 0 Å². The third kappa shape index (κ3) is 2.31. The topological polar surface area (TPSA) is 47.1 Å². The Morgan fingerprint density at radius 3 is 2.72 bits per heavy atom. The maximum absolute atomic E-state index is 6.11. The van der Waals surface area contributed by atoms with Crippen molar-refractivity contribution in [2.24, 2.45) is 5.73 Å². The van der Waals surface area contributed by atoms with E-state index in [4.69, 9.17) is 5.73 Å². The normalized spacial score (nSPS) is 32.0. The van der Waals surface area contributed by atoms with Crippen LogP contribution in [0.5, 0.6) is 0 Å². The first-order chi connectivity index (χ1) is 8.76. The molecule has 100 valence electrons. The number of aryl methyl sites for hydroxylation is 1. The average molecular weight is 248 g/mol. The van der Waals surface area contributed by atoms with Crippen LogP contribution >= 0.6 is 0 Å². The van der Waals surface area contributed by atoms with Crippen molar-refractivity contribution in [2.45, 2.75) is 70.2 Å². The third-order valence-corrected chi connectivity index (χ3v) is 4.43. The largest absolute Gasteiger partial charge is 0.328 e. The third-order valence-electron chi connectivity index (χ3n) is 4.43. The molecule has 4 heteroatoms. The zero-order valence-electron chi connectivity index (χ0n) is 11.3. The molecule has 0 aliphatic carbocycles. The number of piperidine rings is 1. The summed E-state index contributed by atoms with van der Waals surface area (Å²) < 4.78 is 2.06. The highest BCUT2D eigenvalue weighted by Gasteiger charge is 2.39. The van der Waals surface area contributed by atoms with E-state index in [-0.39, 0.29) is 0 Å². The Balaban J connectivity index is 1.65. The summed E-state index contributed by atoms with van der Waals surface area (Å²) in [5, 5.41) is 4.42. The minimum Gasteiger partial charge on any atom is -0.328 e. The molecule has 1 aromatic rings. The minimum absolute atomic E-state index is 0.432. The van der Waals surface area contributed by atoms with Crippen molar-refractivity contribution in [3.63, 3.8) is 0 Å². The van der Waals surface area contributed by atoms with Gasteiger partial charge in [-0.05, 0) is 32.1 Å². The summed E-state index contributed by atoms with van der Waals surface area (Å²) in [6.45, 7) is 4.27. The highest BCUT2D eigenvalue weighted by Crippen LogP contribution is 2.36. The zero-order valence-corrected chi connectivity index (χ0v) is 11.3. The number of fused-ring (bicyclic) bond motifs is 2. The molecule has 2 atom stereocenters. The van der Waals surface area contributed by atoms with Gasteiger partial charge >= 0.3 is 0 Å². The molecule has 3 rings (SSSR count). The standard InChI is InChI=1S/C14H24N4/c1-2-5-17-9-11(8-16-17)10-18-13-3-4-14(18)7-12(15)6-13/h8-9,12-14H,2-7,10,15H2,1H3. The van der Waals surface area contributed by atoms with Crippen LogP contribution < -0.4 is 5.73 Å². The van der Waals surface area contributed by atoms with Crippen LogP contribution in [0.2, 0.25) is 0 Å². The molecule has 2 aliphatic heterocycles. The quantitative estimate of drug-likeness (QED) is 0.883. The Morgan fingerprint density at radius 1 is 1.33 bits per heavy atom. The van der Waals surface area contributed by atoms with Crippen molar-refractivity contribution in [2.75, 3.05) is 0 Å². The zero-order chi connectivity index (χ0) is 12.5. The Labute approximate surface area is 109 Å². The van der Waals surface area contributed by atoms with Crippen LogP contribution in [-0.2, 0) is 13.1 Å². The highest BCUT2D eigenvalue weighted by molar-refractivity contribution is 5.07. The van der Waals surface area contributed by atoms with Crippen molar-refractivity contribution in [3.05, 3.63) is 18.0 Å². The van der Waals surface area contributed by atoms with E-state index in [2.05, 4.69) is 27.8 Å². The minimum atomic E-state index is 0.432. The summed E-state index contributed by atoms with van der Waals surface area (Å²) in [7, 11) is 0. The number of nitrogens with two attached hydrogens (primary N) is 1. The second kappa shape index (κ2) is 5.02. The van der Waals surface area contributed by atoms with Crippen molar-refractivity contribution < 1.29 is 0 Å². The van der Waals surface area contributed by atoms with Gasteiger partial charge in [-0.25, -0.2) is 0 Å². The Morgan fingerprint density at radius 2 is 2.06 bits per heavy atom. The fourth-order valence-corrected chi connectivity index (χ4v) is 3.62. The lowest BCUT2D eigenvalue weighted by atomic mass is 9.98. The molecule has 2 bridgehead atoms. The Hall–Kier alpha value is -0.870. The number of nitrogens with zero attached hydrogens (tertiary/aromatic N) is 3. The smallest absolute Gasteiger partial charge is 0.0534 e. The summed E-state index contributed by atoms with van der Waals surface area (Å²) in [6.07, 6.45) is 10.4. The molecule has 18 heavy (non-hydrogen) atoms. The molecule has 0 saturated carbocycles. The van der Waals surface area contributed by atoms with Crippen molar-refractivity contribution >= 4 is 0 Å². The van der Waals surface area contributed by atoms with E-state index in [0.717, 1.165) is 19.5 Å². The molecular weight excluding hydrogens is 224 g/mol. The second-order valence-corrected chi connectivity index (χ2v) is 5.90. The van der Waals surface area contributed by atoms with E-state index >= 15 is 0 Å². The van der Waals surface area contributed by atoms with Gasteiger partial charge in [0, 0.05) is 43.0 Å². The molecule has 2 N–H and O–H groups in total. The Kier molecular flexibility index (Phi) is 3.39.